The fraction of sp³-hybridized carbons (Fsp3) is 0.556. The van der Waals surface area contributed by atoms with E-state index in [1.165, 1.54) is 0 Å². The van der Waals surface area contributed by atoms with Crippen LogP contribution in [0.1, 0.15) is 25.3 Å². The molecule has 2 atom stereocenters. The Balaban J connectivity index is 1.55. The van der Waals surface area contributed by atoms with Crippen molar-refractivity contribution < 1.29 is 14.3 Å². The van der Waals surface area contributed by atoms with Gasteiger partial charge >= 0.3 is 12.1 Å². The molecular formula is C18H25N3O3. The Morgan fingerprint density at radius 3 is 2.67 bits per heavy atom. The van der Waals surface area contributed by atoms with E-state index in [2.05, 4.69) is 0 Å². The van der Waals surface area contributed by atoms with Gasteiger partial charge in [-0.05, 0) is 25.3 Å². The molecule has 0 aliphatic carbocycles. The highest BCUT2D eigenvalue weighted by atomic mass is 16.6. The van der Waals surface area contributed by atoms with Crippen LogP contribution in [-0.2, 0) is 11.3 Å². The number of carbonyl (C=O) groups is 2. The average Bonchev–Trinajstić information content (AvgIpc) is 2.88. The number of nitrogens with zero attached hydrogens (tertiary/aromatic N) is 3. The molecule has 6 nitrogen and oxygen atoms in total. The van der Waals surface area contributed by atoms with E-state index in [1.807, 2.05) is 49.2 Å². The quantitative estimate of drug-likeness (QED) is 0.855. The lowest BCUT2D eigenvalue weighted by Crippen LogP contribution is -2.50. The third-order valence-corrected chi connectivity index (χ3v) is 4.97. The van der Waals surface area contributed by atoms with Gasteiger partial charge in [0.25, 0.3) is 0 Å². The van der Waals surface area contributed by atoms with Gasteiger partial charge in [0.15, 0.2) is 0 Å². The van der Waals surface area contributed by atoms with Crippen LogP contribution in [-0.4, -0.2) is 65.6 Å². The monoisotopic (exact) mass is 331 g/mol. The molecule has 0 aromatic heterocycles. The molecular weight excluding hydrogens is 306 g/mol. The second-order valence-corrected chi connectivity index (χ2v) is 6.68. The van der Waals surface area contributed by atoms with Crippen LogP contribution < -0.4 is 0 Å². The largest absolute Gasteiger partial charge is 0.445 e. The van der Waals surface area contributed by atoms with Gasteiger partial charge in [0.05, 0.1) is 6.04 Å². The molecule has 2 heterocycles. The number of hydrogen-bond acceptors (Lipinski definition) is 3. The molecule has 1 aromatic carbocycles. The number of amides is 3. The van der Waals surface area contributed by atoms with Crippen molar-refractivity contribution in [2.24, 2.45) is 0 Å². The second-order valence-electron chi connectivity index (χ2n) is 6.68. The third kappa shape index (κ3) is 3.47. The van der Waals surface area contributed by atoms with Crippen molar-refractivity contribution in [2.75, 3.05) is 26.7 Å². The van der Waals surface area contributed by atoms with E-state index in [0.717, 1.165) is 24.9 Å². The molecule has 0 bridgehead atoms. The summed E-state index contributed by atoms with van der Waals surface area (Å²) in [6, 6.07) is 10.0. The normalized spacial score (nSPS) is 24.4. The van der Waals surface area contributed by atoms with Gasteiger partial charge in [-0.1, -0.05) is 30.3 Å². The summed E-state index contributed by atoms with van der Waals surface area (Å²) in [6.07, 6.45) is 1.54. The van der Waals surface area contributed by atoms with Gasteiger partial charge in [0.1, 0.15) is 6.61 Å². The smallest absolute Gasteiger partial charge is 0.410 e. The van der Waals surface area contributed by atoms with E-state index in [0.29, 0.717) is 13.1 Å². The first kappa shape index (κ1) is 16.6. The molecule has 130 valence electrons. The van der Waals surface area contributed by atoms with E-state index in [9.17, 15) is 9.59 Å². The van der Waals surface area contributed by atoms with Gasteiger partial charge in [0, 0.05) is 32.7 Å². The highest BCUT2D eigenvalue weighted by Gasteiger charge is 2.38. The van der Waals surface area contributed by atoms with Crippen molar-refractivity contribution in [3.63, 3.8) is 0 Å². The Morgan fingerprint density at radius 2 is 2.00 bits per heavy atom. The van der Waals surface area contributed by atoms with Crippen LogP contribution in [0.4, 0.5) is 9.59 Å². The number of likely N-dealkylation sites (tertiary alicyclic amines) is 1. The SMILES string of the molecule is CC1CN([C@H]2CCCN(C(=O)OCc3ccccc3)C2)C(=O)N1C. The Kier molecular flexibility index (Phi) is 4.92. The van der Waals surface area contributed by atoms with E-state index in [4.69, 9.17) is 4.74 Å². The molecule has 3 amide bonds. The molecule has 0 N–H and O–H groups in total. The van der Waals surface area contributed by atoms with Crippen molar-refractivity contribution in [3.8, 4) is 0 Å². The van der Waals surface area contributed by atoms with Crippen LogP contribution in [0.5, 0.6) is 0 Å². The van der Waals surface area contributed by atoms with Crippen molar-refractivity contribution in [3.05, 3.63) is 35.9 Å². The van der Waals surface area contributed by atoms with Crippen LogP contribution in [0.25, 0.3) is 0 Å². The van der Waals surface area contributed by atoms with E-state index in [1.54, 1.807) is 9.80 Å². The maximum atomic E-state index is 12.3. The van der Waals surface area contributed by atoms with E-state index < -0.39 is 0 Å². The topological polar surface area (TPSA) is 53.1 Å². The predicted octanol–water partition coefficient (Wildman–Crippen LogP) is 2.54. The Labute approximate surface area is 143 Å². The van der Waals surface area contributed by atoms with Gasteiger partial charge < -0.3 is 19.4 Å². The van der Waals surface area contributed by atoms with E-state index in [-0.39, 0.29) is 30.8 Å². The molecule has 2 aliphatic rings. The number of benzene rings is 1. The zero-order valence-electron chi connectivity index (χ0n) is 14.4. The lowest BCUT2D eigenvalue weighted by Gasteiger charge is -2.36. The minimum absolute atomic E-state index is 0.0620. The Bertz CT molecular complexity index is 592. The molecule has 2 fully saturated rings. The summed E-state index contributed by atoms with van der Waals surface area (Å²) in [5, 5.41) is 0. The predicted molar refractivity (Wildman–Crippen MR) is 90.5 cm³/mol. The minimum atomic E-state index is -0.295. The van der Waals surface area contributed by atoms with Crippen LogP contribution >= 0.6 is 0 Å². The van der Waals surface area contributed by atoms with Crippen LogP contribution in [0, 0.1) is 0 Å². The van der Waals surface area contributed by atoms with Gasteiger partial charge in [-0.25, -0.2) is 9.59 Å². The summed E-state index contributed by atoms with van der Waals surface area (Å²) in [6.45, 7) is 4.31. The van der Waals surface area contributed by atoms with Gasteiger partial charge in [-0.3, -0.25) is 0 Å². The van der Waals surface area contributed by atoms with Crippen molar-refractivity contribution in [1.82, 2.24) is 14.7 Å². The van der Waals surface area contributed by atoms with Crippen LogP contribution in [0.3, 0.4) is 0 Å². The van der Waals surface area contributed by atoms with Crippen LogP contribution in [0.2, 0.25) is 0 Å². The summed E-state index contributed by atoms with van der Waals surface area (Å²) >= 11 is 0. The number of ether oxygens (including phenoxy) is 1. The third-order valence-electron chi connectivity index (χ3n) is 4.97. The molecule has 0 radical (unpaired) electrons. The number of piperidine rings is 1. The maximum Gasteiger partial charge on any atom is 0.410 e. The number of rotatable bonds is 3. The van der Waals surface area contributed by atoms with Gasteiger partial charge in [-0.2, -0.15) is 0 Å². The summed E-state index contributed by atoms with van der Waals surface area (Å²) in [5.74, 6) is 0. The second kappa shape index (κ2) is 7.11. The van der Waals surface area contributed by atoms with Crippen molar-refractivity contribution >= 4 is 12.1 Å². The molecule has 3 rings (SSSR count). The molecule has 1 aromatic rings. The molecule has 0 saturated carbocycles. The molecule has 2 aliphatic heterocycles. The Morgan fingerprint density at radius 1 is 1.25 bits per heavy atom. The lowest BCUT2D eigenvalue weighted by atomic mass is 10.0. The fourth-order valence-corrected chi connectivity index (χ4v) is 3.37. The van der Waals surface area contributed by atoms with Gasteiger partial charge in [0.2, 0.25) is 0 Å². The van der Waals surface area contributed by atoms with Crippen LogP contribution in [0.15, 0.2) is 30.3 Å². The minimum Gasteiger partial charge on any atom is -0.445 e. The maximum absolute atomic E-state index is 12.3. The highest BCUT2D eigenvalue weighted by molar-refractivity contribution is 5.77. The number of hydrogen-bond donors (Lipinski definition) is 0. The van der Waals surface area contributed by atoms with E-state index >= 15 is 0 Å². The number of carbonyl (C=O) groups excluding carboxylic acids is 2. The average molecular weight is 331 g/mol. The van der Waals surface area contributed by atoms with Gasteiger partial charge in [-0.15, -0.1) is 0 Å². The number of urea groups is 1. The van der Waals surface area contributed by atoms with Crippen molar-refractivity contribution in [1.29, 1.82) is 0 Å². The molecule has 24 heavy (non-hydrogen) atoms. The molecule has 6 heteroatoms. The first-order valence-electron chi connectivity index (χ1n) is 8.55. The summed E-state index contributed by atoms with van der Waals surface area (Å²) in [7, 11) is 1.84. The highest BCUT2D eigenvalue weighted by Crippen LogP contribution is 2.23. The van der Waals surface area contributed by atoms with Crippen molar-refractivity contribution in [2.45, 2.75) is 38.5 Å². The zero-order valence-corrected chi connectivity index (χ0v) is 14.4. The first-order valence-corrected chi connectivity index (χ1v) is 8.55. The molecule has 2 saturated heterocycles. The lowest BCUT2D eigenvalue weighted by molar-refractivity contribution is 0.0704. The summed E-state index contributed by atoms with van der Waals surface area (Å²) in [4.78, 5) is 30.1. The molecule has 0 spiro atoms. The standard InChI is InChI=1S/C18H25N3O3/c1-14-11-21(17(22)19(14)2)16-9-6-10-20(12-16)18(23)24-13-15-7-4-3-5-8-15/h3-5,7-8,14,16H,6,9-13H2,1-2H3/t14?,16-/m0/s1. The Hall–Kier alpha value is -2.24. The fourth-order valence-electron chi connectivity index (χ4n) is 3.37. The first-order chi connectivity index (χ1) is 11.6. The zero-order chi connectivity index (χ0) is 17.1. The summed E-state index contributed by atoms with van der Waals surface area (Å²) in [5.41, 5.74) is 0.976. The molecule has 1 unspecified atom stereocenters. The summed E-state index contributed by atoms with van der Waals surface area (Å²) < 4.78 is 5.42. The number of likely N-dealkylation sites (N-methyl/N-ethyl adjacent to an activating group) is 1.